The lowest BCUT2D eigenvalue weighted by Crippen LogP contribution is -2.58. The number of carbonyl (C=O) groups is 2. The number of carboxylic acids is 1. The fourth-order valence-electron chi connectivity index (χ4n) is 2.76. The zero-order valence-corrected chi connectivity index (χ0v) is 13.7. The van der Waals surface area contributed by atoms with Gasteiger partial charge in [-0.1, -0.05) is 18.2 Å². The summed E-state index contributed by atoms with van der Waals surface area (Å²) in [6.07, 6.45) is -3.23. The van der Waals surface area contributed by atoms with Crippen LogP contribution in [0, 0.1) is 5.92 Å². The minimum absolute atomic E-state index is 0.301. The molecule has 26 heavy (non-hydrogen) atoms. The van der Waals surface area contributed by atoms with Gasteiger partial charge in [0.2, 0.25) is 5.76 Å². The van der Waals surface area contributed by atoms with E-state index in [2.05, 4.69) is 5.32 Å². The van der Waals surface area contributed by atoms with Gasteiger partial charge in [0.25, 0.3) is 5.91 Å². The third kappa shape index (κ3) is 4.38. The largest absolute Gasteiger partial charge is 0.481 e. The number of aliphatic hydroxyl groups excluding tert-OH is 4. The summed E-state index contributed by atoms with van der Waals surface area (Å²) in [6.45, 7) is -1.38. The van der Waals surface area contributed by atoms with E-state index < -0.39 is 61.1 Å². The Morgan fingerprint density at radius 2 is 1.81 bits per heavy atom. The molecule has 9 heteroatoms. The average Bonchev–Trinajstić information content (AvgIpc) is 2.64. The van der Waals surface area contributed by atoms with Gasteiger partial charge < -0.3 is 35.6 Å². The third-order valence-electron chi connectivity index (χ3n) is 4.17. The number of nitrogens with one attached hydrogen (secondary N) is 1. The first-order chi connectivity index (χ1) is 12.4. The van der Waals surface area contributed by atoms with Crippen molar-refractivity contribution in [3.63, 3.8) is 0 Å². The summed E-state index contributed by atoms with van der Waals surface area (Å²) in [5.74, 6) is -3.71. The van der Waals surface area contributed by atoms with E-state index in [1.54, 1.807) is 30.3 Å². The smallest absolute Gasteiger partial charge is 0.370 e. The maximum absolute atomic E-state index is 12.4. The predicted octanol–water partition coefficient (Wildman–Crippen LogP) is -1.53. The van der Waals surface area contributed by atoms with Crippen molar-refractivity contribution in [2.24, 2.45) is 5.92 Å². The van der Waals surface area contributed by atoms with Crippen LogP contribution in [0.1, 0.15) is 10.4 Å². The van der Waals surface area contributed by atoms with Crippen molar-refractivity contribution in [2.45, 2.75) is 24.4 Å². The number of carbonyl (C=O) groups excluding carboxylic acids is 1. The SMILES string of the molecule is O=C(O)C1=CC(O)[C@@H](NC(=O)c2ccccc2)C(C(CO)C(O)CO)O1. The second-order valence-electron chi connectivity index (χ2n) is 5.87. The molecule has 0 aromatic heterocycles. The zero-order chi connectivity index (χ0) is 19.3. The number of benzene rings is 1. The Morgan fingerprint density at radius 1 is 1.15 bits per heavy atom. The van der Waals surface area contributed by atoms with Crippen molar-refractivity contribution in [1.82, 2.24) is 5.32 Å². The Labute approximate surface area is 149 Å². The molecule has 4 unspecified atom stereocenters. The lowest BCUT2D eigenvalue weighted by molar-refractivity contribution is -0.144. The molecule has 1 amide bonds. The van der Waals surface area contributed by atoms with E-state index in [-0.39, 0.29) is 0 Å². The van der Waals surface area contributed by atoms with Crippen LogP contribution in [0.2, 0.25) is 0 Å². The molecule has 1 aliphatic rings. The second kappa shape index (κ2) is 8.77. The van der Waals surface area contributed by atoms with Crippen molar-refractivity contribution < 1.29 is 39.9 Å². The van der Waals surface area contributed by atoms with Gasteiger partial charge in [0.05, 0.1) is 25.4 Å². The highest BCUT2D eigenvalue weighted by Gasteiger charge is 2.43. The predicted molar refractivity (Wildman–Crippen MR) is 88.0 cm³/mol. The topological polar surface area (TPSA) is 157 Å². The van der Waals surface area contributed by atoms with E-state index in [1.807, 2.05) is 0 Å². The highest BCUT2D eigenvalue weighted by Crippen LogP contribution is 2.26. The zero-order valence-electron chi connectivity index (χ0n) is 13.7. The van der Waals surface area contributed by atoms with Crippen LogP contribution in [0.25, 0.3) is 0 Å². The third-order valence-corrected chi connectivity index (χ3v) is 4.17. The van der Waals surface area contributed by atoms with Gasteiger partial charge in [-0.3, -0.25) is 4.79 Å². The number of amides is 1. The lowest BCUT2D eigenvalue weighted by atomic mass is 9.87. The van der Waals surface area contributed by atoms with Gasteiger partial charge in [-0.25, -0.2) is 4.79 Å². The van der Waals surface area contributed by atoms with Crippen molar-refractivity contribution in [3.05, 3.63) is 47.7 Å². The van der Waals surface area contributed by atoms with Gasteiger partial charge in [-0.2, -0.15) is 0 Å². The van der Waals surface area contributed by atoms with Crippen molar-refractivity contribution >= 4 is 11.9 Å². The minimum Gasteiger partial charge on any atom is -0.481 e. The number of hydrogen-bond acceptors (Lipinski definition) is 7. The monoisotopic (exact) mass is 367 g/mol. The fourth-order valence-corrected chi connectivity index (χ4v) is 2.76. The molecular weight excluding hydrogens is 346 g/mol. The number of aliphatic carboxylic acids is 1. The molecule has 0 radical (unpaired) electrons. The molecule has 0 bridgehead atoms. The van der Waals surface area contributed by atoms with Crippen LogP contribution in [0.5, 0.6) is 0 Å². The average molecular weight is 367 g/mol. The maximum atomic E-state index is 12.4. The summed E-state index contributed by atoms with van der Waals surface area (Å²) in [5.41, 5.74) is 0.301. The van der Waals surface area contributed by atoms with Crippen LogP contribution in [-0.4, -0.2) is 75.0 Å². The van der Waals surface area contributed by atoms with Crippen LogP contribution in [0.3, 0.4) is 0 Å². The Balaban J connectivity index is 2.31. The van der Waals surface area contributed by atoms with E-state index in [4.69, 9.17) is 14.9 Å². The number of rotatable bonds is 7. The Hall–Kier alpha value is -2.46. The van der Waals surface area contributed by atoms with Gasteiger partial charge in [0.15, 0.2) is 0 Å². The number of ether oxygens (including phenoxy) is 1. The highest BCUT2D eigenvalue weighted by atomic mass is 16.5. The minimum atomic E-state index is -1.45. The molecular formula is C17H21NO8. The number of carboxylic acid groups (broad SMARTS) is 1. The van der Waals surface area contributed by atoms with Crippen LogP contribution < -0.4 is 5.32 Å². The molecule has 1 aromatic rings. The van der Waals surface area contributed by atoms with E-state index in [1.165, 1.54) is 0 Å². The molecule has 0 saturated heterocycles. The molecule has 0 spiro atoms. The molecule has 2 rings (SSSR count). The van der Waals surface area contributed by atoms with Gasteiger partial charge in [0, 0.05) is 11.5 Å². The first-order valence-electron chi connectivity index (χ1n) is 7.94. The summed E-state index contributed by atoms with van der Waals surface area (Å²) in [5, 5.41) is 50.5. The van der Waals surface area contributed by atoms with Gasteiger partial charge >= 0.3 is 5.97 Å². The van der Waals surface area contributed by atoms with Crippen LogP contribution in [0.4, 0.5) is 0 Å². The molecule has 1 heterocycles. The van der Waals surface area contributed by atoms with Crippen molar-refractivity contribution in [1.29, 1.82) is 0 Å². The van der Waals surface area contributed by atoms with Gasteiger partial charge in [-0.15, -0.1) is 0 Å². The summed E-state index contributed by atoms with van der Waals surface area (Å²) in [6, 6.07) is 6.96. The van der Waals surface area contributed by atoms with E-state index in [0.717, 1.165) is 6.08 Å². The summed E-state index contributed by atoms with van der Waals surface area (Å²) in [4.78, 5) is 23.6. The molecule has 5 atom stereocenters. The molecule has 0 saturated carbocycles. The standard InChI is InChI=1S/C17H21NO8/c19-7-10(12(22)8-20)15-14(11(21)6-13(26-15)17(24)25)18-16(23)9-4-2-1-3-5-9/h1-6,10-12,14-15,19-22H,7-8H2,(H,18,23)(H,24,25)/t10?,11?,12?,14-,15?/m1/s1. The number of hydrogen-bond donors (Lipinski definition) is 6. The maximum Gasteiger partial charge on any atom is 0.370 e. The Morgan fingerprint density at radius 3 is 2.35 bits per heavy atom. The van der Waals surface area contributed by atoms with E-state index in [9.17, 15) is 24.9 Å². The van der Waals surface area contributed by atoms with Crippen LogP contribution in [0.15, 0.2) is 42.2 Å². The summed E-state index contributed by atoms with van der Waals surface area (Å²) >= 11 is 0. The van der Waals surface area contributed by atoms with E-state index in [0.29, 0.717) is 5.56 Å². The molecule has 0 fully saturated rings. The van der Waals surface area contributed by atoms with Crippen LogP contribution in [-0.2, 0) is 9.53 Å². The summed E-state index contributed by atoms with van der Waals surface area (Å²) < 4.78 is 5.30. The molecule has 1 aromatic carbocycles. The quantitative estimate of drug-likeness (QED) is 0.339. The Bertz CT molecular complexity index is 662. The number of aliphatic hydroxyl groups is 4. The Kier molecular flexibility index (Phi) is 6.70. The van der Waals surface area contributed by atoms with Gasteiger partial charge in [-0.05, 0) is 18.2 Å². The molecule has 0 aliphatic carbocycles. The summed E-state index contributed by atoms with van der Waals surface area (Å²) in [7, 11) is 0. The molecule has 1 aliphatic heterocycles. The van der Waals surface area contributed by atoms with Gasteiger partial charge in [0.1, 0.15) is 12.2 Å². The molecule has 9 nitrogen and oxygen atoms in total. The highest BCUT2D eigenvalue weighted by molar-refractivity contribution is 5.94. The fraction of sp³-hybridized carbons (Fsp3) is 0.412. The molecule has 142 valence electrons. The molecule has 6 N–H and O–H groups in total. The first-order valence-corrected chi connectivity index (χ1v) is 7.94. The van der Waals surface area contributed by atoms with Crippen LogP contribution >= 0.6 is 0 Å². The normalized spacial score (nSPS) is 24.8. The van der Waals surface area contributed by atoms with Crippen molar-refractivity contribution in [2.75, 3.05) is 13.2 Å². The van der Waals surface area contributed by atoms with E-state index >= 15 is 0 Å². The van der Waals surface area contributed by atoms with Crippen molar-refractivity contribution in [3.8, 4) is 0 Å². The second-order valence-corrected chi connectivity index (χ2v) is 5.87. The first kappa shape index (κ1) is 19.9. The lowest BCUT2D eigenvalue weighted by Gasteiger charge is -2.39.